The normalized spacial score (nSPS) is 12.3. The van der Waals surface area contributed by atoms with Gasteiger partial charge in [-0.3, -0.25) is 4.98 Å². The van der Waals surface area contributed by atoms with E-state index in [1.807, 2.05) is 24.3 Å². The predicted molar refractivity (Wildman–Crippen MR) is 82.3 cm³/mol. The van der Waals surface area contributed by atoms with Crippen LogP contribution in [0.5, 0.6) is 0 Å². The van der Waals surface area contributed by atoms with Gasteiger partial charge in [-0.15, -0.1) is 0 Å². The van der Waals surface area contributed by atoms with Gasteiger partial charge in [0.05, 0.1) is 0 Å². The summed E-state index contributed by atoms with van der Waals surface area (Å²) in [5.74, 6) is -0.212. The van der Waals surface area contributed by atoms with Gasteiger partial charge in [-0.1, -0.05) is 19.1 Å². The molecule has 1 aromatic heterocycles. The molecule has 0 spiro atoms. The highest BCUT2D eigenvalue weighted by atomic mass is 19.1. The van der Waals surface area contributed by atoms with Crippen molar-refractivity contribution in [3.8, 4) is 11.1 Å². The van der Waals surface area contributed by atoms with Crippen LogP contribution in [0.25, 0.3) is 11.1 Å². The van der Waals surface area contributed by atoms with Crippen LogP contribution in [-0.4, -0.2) is 22.7 Å². The lowest BCUT2D eigenvalue weighted by molar-refractivity contribution is 0.261. The summed E-state index contributed by atoms with van der Waals surface area (Å²) in [5, 5.41) is 12.2. The fourth-order valence-corrected chi connectivity index (χ4v) is 2.28. The summed E-state index contributed by atoms with van der Waals surface area (Å²) in [4.78, 5) is 3.96. The average Bonchev–Trinajstić information content (AvgIpc) is 2.53. The van der Waals surface area contributed by atoms with Gasteiger partial charge in [0.2, 0.25) is 0 Å². The van der Waals surface area contributed by atoms with Gasteiger partial charge in [-0.05, 0) is 42.2 Å². The van der Waals surface area contributed by atoms with Gasteiger partial charge in [0, 0.05) is 37.2 Å². The van der Waals surface area contributed by atoms with Crippen LogP contribution in [0.1, 0.15) is 25.3 Å². The Bertz CT molecular complexity index is 560. The van der Waals surface area contributed by atoms with Gasteiger partial charge in [-0.25, -0.2) is 4.39 Å². The van der Waals surface area contributed by atoms with Gasteiger partial charge >= 0.3 is 0 Å². The van der Waals surface area contributed by atoms with Crippen molar-refractivity contribution in [2.24, 2.45) is 0 Å². The molecule has 0 saturated carbocycles. The molecule has 0 bridgehead atoms. The van der Waals surface area contributed by atoms with Crippen molar-refractivity contribution in [1.82, 2.24) is 10.3 Å². The Labute approximate surface area is 124 Å². The molecule has 112 valence electrons. The number of rotatable bonds is 7. The van der Waals surface area contributed by atoms with Gasteiger partial charge < -0.3 is 10.4 Å². The van der Waals surface area contributed by atoms with E-state index in [1.165, 1.54) is 0 Å². The second-order valence-corrected chi connectivity index (χ2v) is 5.04. The van der Waals surface area contributed by atoms with Crippen molar-refractivity contribution in [3.63, 3.8) is 0 Å². The Hall–Kier alpha value is -1.78. The van der Waals surface area contributed by atoms with Crippen LogP contribution >= 0.6 is 0 Å². The lowest BCUT2D eigenvalue weighted by Crippen LogP contribution is -2.29. The largest absolute Gasteiger partial charge is 0.396 e. The highest BCUT2D eigenvalue weighted by Gasteiger charge is 2.08. The maximum absolute atomic E-state index is 14.2. The van der Waals surface area contributed by atoms with Crippen LogP contribution in [0, 0.1) is 5.82 Å². The van der Waals surface area contributed by atoms with E-state index in [4.69, 9.17) is 5.11 Å². The van der Waals surface area contributed by atoms with E-state index >= 15 is 0 Å². The second-order valence-electron chi connectivity index (χ2n) is 5.04. The number of nitrogens with one attached hydrogen (secondary N) is 1. The lowest BCUT2D eigenvalue weighted by atomic mass is 10.0. The van der Waals surface area contributed by atoms with Crippen LogP contribution in [0.15, 0.2) is 42.7 Å². The monoisotopic (exact) mass is 288 g/mol. The van der Waals surface area contributed by atoms with Gasteiger partial charge in [0.15, 0.2) is 0 Å². The summed E-state index contributed by atoms with van der Waals surface area (Å²) in [6.45, 7) is 2.67. The number of hydrogen-bond donors (Lipinski definition) is 2. The van der Waals surface area contributed by atoms with Crippen LogP contribution in [0.3, 0.4) is 0 Å². The van der Waals surface area contributed by atoms with Gasteiger partial charge in [0.25, 0.3) is 0 Å². The summed E-state index contributed by atoms with van der Waals surface area (Å²) in [5.41, 5.74) is 2.44. The van der Waals surface area contributed by atoms with Crippen LogP contribution in [0.2, 0.25) is 0 Å². The Morgan fingerprint density at radius 3 is 2.57 bits per heavy atom. The minimum absolute atomic E-state index is 0.148. The topological polar surface area (TPSA) is 45.1 Å². The lowest BCUT2D eigenvalue weighted by Gasteiger charge is -2.16. The second kappa shape index (κ2) is 7.86. The molecule has 0 saturated heterocycles. The van der Waals surface area contributed by atoms with Crippen molar-refractivity contribution in [2.75, 3.05) is 6.61 Å². The van der Waals surface area contributed by atoms with Crippen LogP contribution < -0.4 is 5.32 Å². The Morgan fingerprint density at radius 2 is 1.95 bits per heavy atom. The molecule has 3 nitrogen and oxygen atoms in total. The zero-order chi connectivity index (χ0) is 15.1. The van der Waals surface area contributed by atoms with Crippen molar-refractivity contribution in [3.05, 3.63) is 54.1 Å². The Balaban J connectivity index is 2.06. The third-order valence-electron chi connectivity index (χ3n) is 3.62. The highest BCUT2D eigenvalue weighted by molar-refractivity contribution is 5.63. The van der Waals surface area contributed by atoms with E-state index in [1.54, 1.807) is 18.5 Å². The number of hydrogen-bond acceptors (Lipinski definition) is 3. The van der Waals surface area contributed by atoms with E-state index in [9.17, 15) is 4.39 Å². The number of halogens is 1. The van der Waals surface area contributed by atoms with Gasteiger partial charge in [0.1, 0.15) is 5.82 Å². The van der Waals surface area contributed by atoms with E-state index in [0.717, 1.165) is 17.5 Å². The summed E-state index contributed by atoms with van der Waals surface area (Å²) in [6, 6.07) is 9.22. The summed E-state index contributed by atoms with van der Waals surface area (Å²) in [7, 11) is 0. The number of aliphatic hydroxyl groups is 1. The standard InChI is InChI=1S/C17H21FN2O/c1-2-16(7-10-21)20-12-15-4-3-14(11-17(15)18)13-5-8-19-9-6-13/h3-6,8-9,11,16,20-21H,2,7,10,12H2,1H3. The Morgan fingerprint density at radius 1 is 1.19 bits per heavy atom. The van der Waals surface area contributed by atoms with E-state index in [0.29, 0.717) is 18.5 Å². The van der Waals surface area contributed by atoms with Crippen LogP contribution in [0.4, 0.5) is 4.39 Å². The Kier molecular flexibility index (Phi) is 5.84. The quantitative estimate of drug-likeness (QED) is 0.822. The molecular weight excluding hydrogens is 267 g/mol. The summed E-state index contributed by atoms with van der Waals surface area (Å²) in [6.07, 6.45) is 5.00. The number of pyridine rings is 1. The first-order valence-electron chi connectivity index (χ1n) is 7.27. The fraction of sp³-hybridized carbons (Fsp3) is 0.353. The molecule has 2 N–H and O–H groups in total. The molecule has 0 aliphatic rings. The summed E-state index contributed by atoms with van der Waals surface area (Å²) >= 11 is 0. The van der Waals surface area contributed by atoms with Gasteiger partial charge in [-0.2, -0.15) is 0 Å². The maximum Gasteiger partial charge on any atom is 0.128 e. The SMILES string of the molecule is CCC(CCO)NCc1ccc(-c2ccncc2)cc1F. The molecule has 1 aromatic carbocycles. The van der Waals surface area contributed by atoms with Crippen molar-refractivity contribution < 1.29 is 9.50 Å². The fourth-order valence-electron chi connectivity index (χ4n) is 2.28. The summed E-state index contributed by atoms with van der Waals surface area (Å²) < 4.78 is 14.2. The van der Waals surface area contributed by atoms with E-state index < -0.39 is 0 Å². The van der Waals surface area contributed by atoms with Crippen molar-refractivity contribution >= 4 is 0 Å². The first kappa shape index (κ1) is 15.6. The molecule has 0 aliphatic carbocycles. The molecule has 0 fully saturated rings. The molecule has 0 radical (unpaired) electrons. The van der Waals surface area contributed by atoms with Crippen LogP contribution in [-0.2, 0) is 6.54 Å². The molecule has 21 heavy (non-hydrogen) atoms. The molecule has 1 atom stereocenters. The van der Waals surface area contributed by atoms with E-state index in [2.05, 4.69) is 17.2 Å². The molecule has 2 aromatic rings. The number of aromatic nitrogens is 1. The molecule has 0 aliphatic heterocycles. The molecule has 1 unspecified atom stereocenters. The zero-order valence-electron chi connectivity index (χ0n) is 12.2. The predicted octanol–water partition coefficient (Wildman–Crippen LogP) is 3.14. The highest BCUT2D eigenvalue weighted by Crippen LogP contribution is 2.21. The zero-order valence-corrected chi connectivity index (χ0v) is 12.2. The first-order chi connectivity index (χ1) is 10.2. The van der Waals surface area contributed by atoms with Crippen molar-refractivity contribution in [1.29, 1.82) is 0 Å². The maximum atomic E-state index is 14.2. The molecule has 4 heteroatoms. The number of nitrogens with zero attached hydrogens (tertiary/aromatic N) is 1. The third kappa shape index (κ3) is 4.34. The number of benzene rings is 1. The minimum Gasteiger partial charge on any atom is -0.396 e. The van der Waals surface area contributed by atoms with Crippen molar-refractivity contribution in [2.45, 2.75) is 32.4 Å². The smallest absolute Gasteiger partial charge is 0.128 e. The molecular formula is C17H21FN2O. The first-order valence-corrected chi connectivity index (χ1v) is 7.27. The molecule has 2 rings (SSSR count). The molecule has 1 heterocycles. The molecule has 0 amide bonds. The minimum atomic E-state index is -0.212. The van der Waals surface area contributed by atoms with E-state index in [-0.39, 0.29) is 18.5 Å². The third-order valence-corrected chi connectivity index (χ3v) is 3.62. The average molecular weight is 288 g/mol. The number of aliphatic hydroxyl groups excluding tert-OH is 1.